The summed E-state index contributed by atoms with van der Waals surface area (Å²) in [5.74, 6) is 0.943. The van der Waals surface area contributed by atoms with Gasteiger partial charge in [-0.25, -0.2) is 9.37 Å². The number of hydrogen-bond donors (Lipinski definition) is 0. The van der Waals surface area contributed by atoms with E-state index in [2.05, 4.69) is 15.2 Å². The molecular weight excluding hydrogens is 331 g/mol. The zero-order valence-corrected chi connectivity index (χ0v) is 14.0. The fraction of sp³-hybridized carbons (Fsp3) is 0.0500. The largest absolute Gasteiger partial charge is 0.497 e. The maximum absolute atomic E-state index is 13.4. The number of fused-ring (bicyclic) bond motifs is 1. The molecule has 0 unspecified atom stereocenters. The smallest absolute Gasteiger partial charge is 0.187 e. The SMILES string of the molecule is COc1cccc(-c2nc3ccccn3c2N=Nc2cccc(F)c2)c1. The highest BCUT2D eigenvalue weighted by Gasteiger charge is 2.14. The summed E-state index contributed by atoms with van der Waals surface area (Å²) < 4.78 is 20.5. The van der Waals surface area contributed by atoms with Gasteiger partial charge in [0.15, 0.2) is 5.82 Å². The number of rotatable bonds is 4. The van der Waals surface area contributed by atoms with E-state index in [9.17, 15) is 4.39 Å². The zero-order chi connectivity index (χ0) is 17.9. The van der Waals surface area contributed by atoms with Gasteiger partial charge in [0, 0.05) is 17.8 Å². The summed E-state index contributed by atoms with van der Waals surface area (Å²) in [5, 5.41) is 8.54. The molecule has 0 radical (unpaired) electrons. The highest BCUT2D eigenvalue weighted by atomic mass is 19.1. The number of aromatic nitrogens is 2. The van der Waals surface area contributed by atoms with Crippen LogP contribution in [0, 0.1) is 5.82 Å². The second-order valence-corrected chi connectivity index (χ2v) is 5.62. The third-order valence-corrected chi connectivity index (χ3v) is 3.92. The topological polar surface area (TPSA) is 51.2 Å². The molecule has 0 aliphatic carbocycles. The van der Waals surface area contributed by atoms with Crippen LogP contribution in [0.2, 0.25) is 0 Å². The van der Waals surface area contributed by atoms with Crippen molar-refractivity contribution < 1.29 is 9.13 Å². The number of methoxy groups -OCH3 is 1. The average molecular weight is 346 g/mol. The first kappa shape index (κ1) is 16.0. The second-order valence-electron chi connectivity index (χ2n) is 5.62. The van der Waals surface area contributed by atoms with Crippen LogP contribution in [0.1, 0.15) is 0 Å². The van der Waals surface area contributed by atoms with Gasteiger partial charge < -0.3 is 4.74 Å². The molecule has 0 aliphatic rings. The zero-order valence-electron chi connectivity index (χ0n) is 14.0. The predicted octanol–water partition coefficient (Wildman–Crippen LogP) is 5.56. The predicted molar refractivity (Wildman–Crippen MR) is 97.8 cm³/mol. The average Bonchev–Trinajstić information content (AvgIpc) is 3.05. The van der Waals surface area contributed by atoms with Crippen molar-refractivity contribution >= 4 is 17.2 Å². The van der Waals surface area contributed by atoms with Crippen LogP contribution in [0.25, 0.3) is 16.9 Å². The molecule has 128 valence electrons. The van der Waals surface area contributed by atoms with Crippen molar-refractivity contribution in [3.8, 4) is 17.0 Å². The Morgan fingerprint density at radius 3 is 2.69 bits per heavy atom. The van der Waals surface area contributed by atoms with Gasteiger partial charge in [-0.2, -0.15) is 0 Å². The Balaban J connectivity index is 1.86. The standard InChI is InChI=1S/C20H15FN4O/c1-26-17-9-4-6-14(12-17)19-20(25-11-3-2-10-18(25)22-19)24-23-16-8-5-7-15(21)13-16/h2-13H,1H3. The minimum Gasteiger partial charge on any atom is -0.497 e. The van der Waals surface area contributed by atoms with Crippen LogP contribution >= 0.6 is 0 Å². The monoisotopic (exact) mass is 346 g/mol. The van der Waals surface area contributed by atoms with E-state index in [0.717, 1.165) is 17.0 Å². The third-order valence-electron chi connectivity index (χ3n) is 3.92. The van der Waals surface area contributed by atoms with E-state index < -0.39 is 0 Å². The minimum absolute atomic E-state index is 0.354. The Kier molecular flexibility index (Phi) is 4.15. The Labute approximate surface area is 149 Å². The first-order valence-electron chi connectivity index (χ1n) is 8.03. The molecule has 0 amide bonds. The van der Waals surface area contributed by atoms with Crippen LogP contribution < -0.4 is 4.74 Å². The van der Waals surface area contributed by atoms with Crippen LogP contribution in [-0.2, 0) is 0 Å². The van der Waals surface area contributed by atoms with Crippen molar-refractivity contribution in [1.29, 1.82) is 0 Å². The first-order chi connectivity index (χ1) is 12.7. The Morgan fingerprint density at radius 2 is 1.85 bits per heavy atom. The number of hydrogen-bond acceptors (Lipinski definition) is 4. The van der Waals surface area contributed by atoms with Crippen LogP contribution in [0.5, 0.6) is 5.75 Å². The van der Waals surface area contributed by atoms with E-state index in [0.29, 0.717) is 17.2 Å². The molecule has 5 nitrogen and oxygen atoms in total. The Morgan fingerprint density at radius 1 is 0.962 bits per heavy atom. The maximum atomic E-state index is 13.4. The lowest BCUT2D eigenvalue weighted by Gasteiger charge is -2.03. The molecule has 4 rings (SSSR count). The molecule has 2 heterocycles. The summed E-state index contributed by atoms with van der Waals surface area (Å²) in [5.41, 5.74) is 2.72. The van der Waals surface area contributed by atoms with E-state index in [-0.39, 0.29) is 5.82 Å². The van der Waals surface area contributed by atoms with Crippen molar-refractivity contribution in [2.75, 3.05) is 7.11 Å². The van der Waals surface area contributed by atoms with E-state index in [1.54, 1.807) is 19.2 Å². The minimum atomic E-state index is -0.354. The summed E-state index contributed by atoms with van der Waals surface area (Å²) in [6.07, 6.45) is 1.87. The lowest BCUT2D eigenvalue weighted by molar-refractivity contribution is 0.415. The Hall–Kier alpha value is -3.54. The quantitative estimate of drug-likeness (QED) is 0.454. The number of pyridine rings is 1. The van der Waals surface area contributed by atoms with Crippen molar-refractivity contribution in [2.24, 2.45) is 10.2 Å². The molecule has 0 saturated heterocycles. The first-order valence-corrected chi connectivity index (χ1v) is 8.03. The van der Waals surface area contributed by atoms with Crippen LogP contribution in [0.15, 0.2) is 83.2 Å². The summed E-state index contributed by atoms with van der Waals surface area (Å²) in [7, 11) is 1.62. The van der Waals surface area contributed by atoms with Gasteiger partial charge in [-0.3, -0.25) is 4.40 Å². The van der Waals surface area contributed by atoms with E-state index in [1.165, 1.54) is 12.1 Å². The molecule has 0 spiro atoms. The van der Waals surface area contributed by atoms with E-state index in [4.69, 9.17) is 4.74 Å². The van der Waals surface area contributed by atoms with Crippen LogP contribution in [-0.4, -0.2) is 16.5 Å². The van der Waals surface area contributed by atoms with Gasteiger partial charge in [-0.05, 0) is 36.4 Å². The molecule has 0 N–H and O–H groups in total. The maximum Gasteiger partial charge on any atom is 0.187 e. The summed E-state index contributed by atoms with van der Waals surface area (Å²) in [4.78, 5) is 4.67. The van der Waals surface area contributed by atoms with E-state index >= 15 is 0 Å². The summed E-state index contributed by atoms with van der Waals surface area (Å²) in [6.45, 7) is 0. The van der Waals surface area contributed by atoms with Gasteiger partial charge >= 0.3 is 0 Å². The molecule has 2 aromatic heterocycles. The molecule has 0 fully saturated rings. The van der Waals surface area contributed by atoms with Crippen molar-refractivity contribution in [2.45, 2.75) is 0 Å². The number of benzene rings is 2. The van der Waals surface area contributed by atoms with E-state index in [1.807, 2.05) is 53.1 Å². The lowest BCUT2D eigenvalue weighted by Crippen LogP contribution is -1.84. The van der Waals surface area contributed by atoms with Gasteiger partial charge in [0.2, 0.25) is 0 Å². The third kappa shape index (κ3) is 3.04. The molecule has 4 aromatic rings. The Bertz CT molecular complexity index is 1100. The van der Waals surface area contributed by atoms with Gasteiger partial charge in [-0.1, -0.05) is 24.3 Å². The molecule has 0 aliphatic heterocycles. The summed E-state index contributed by atoms with van der Waals surface area (Å²) in [6, 6.07) is 19.3. The fourth-order valence-electron chi connectivity index (χ4n) is 2.69. The normalized spacial score (nSPS) is 11.3. The number of ether oxygens (including phenoxy) is 1. The molecule has 6 heteroatoms. The molecule has 0 atom stereocenters. The van der Waals surface area contributed by atoms with Crippen molar-refractivity contribution in [3.05, 3.63) is 78.7 Å². The molecule has 0 bridgehead atoms. The highest BCUT2D eigenvalue weighted by molar-refractivity contribution is 5.75. The summed E-state index contributed by atoms with van der Waals surface area (Å²) >= 11 is 0. The van der Waals surface area contributed by atoms with Gasteiger partial charge in [-0.15, -0.1) is 10.2 Å². The van der Waals surface area contributed by atoms with Gasteiger partial charge in [0.1, 0.15) is 22.9 Å². The number of halogens is 1. The number of azo groups is 1. The number of imidazole rings is 1. The molecule has 0 saturated carbocycles. The van der Waals surface area contributed by atoms with Crippen LogP contribution in [0.3, 0.4) is 0 Å². The van der Waals surface area contributed by atoms with Crippen molar-refractivity contribution in [1.82, 2.24) is 9.38 Å². The van der Waals surface area contributed by atoms with Crippen molar-refractivity contribution in [3.63, 3.8) is 0 Å². The number of nitrogens with zero attached hydrogens (tertiary/aromatic N) is 4. The highest BCUT2D eigenvalue weighted by Crippen LogP contribution is 2.33. The lowest BCUT2D eigenvalue weighted by atomic mass is 10.1. The second kappa shape index (κ2) is 6.76. The van der Waals surface area contributed by atoms with Crippen LogP contribution in [0.4, 0.5) is 15.9 Å². The fourth-order valence-corrected chi connectivity index (χ4v) is 2.69. The molecular formula is C20H15FN4O. The van der Waals surface area contributed by atoms with Gasteiger partial charge in [0.25, 0.3) is 0 Å². The molecule has 26 heavy (non-hydrogen) atoms. The van der Waals surface area contributed by atoms with Gasteiger partial charge in [0.05, 0.1) is 12.8 Å². The molecule has 2 aromatic carbocycles.